The summed E-state index contributed by atoms with van der Waals surface area (Å²) in [5.74, 6) is 6.67. The van der Waals surface area contributed by atoms with E-state index in [1.165, 1.54) is 4.90 Å². The van der Waals surface area contributed by atoms with Crippen LogP contribution in [0.2, 0.25) is 0 Å². The van der Waals surface area contributed by atoms with Crippen LogP contribution in [0.25, 0.3) is 0 Å². The number of rotatable bonds is 4. The molecule has 0 saturated carbocycles. The number of anilines is 1. The molecule has 0 radical (unpaired) electrons. The molecule has 1 aromatic heterocycles. The van der Waals surface area contributed by atoms with Gasteiger partial charge in [0.05, 0.1) is 0 Å². The Morgan fingerprint density at radius 2 is 2.14 bits per heavy atom. The highest BCUT2D eigenvalue weighted by molar-refractivity contribution is 8.00. The third kappa shape index (κ3) is 3.20. The molecule has 4 heteroatoms. The van der Waals surface area contributed by atoms with E-state index in [1.54, 1.807) is 6.20 Å². The first-order valence-corrected chi connectivity index (χ1v) is 5.60. The monoisotopic (exact) mass is 211 g/mol. The number of nitrogens with one attached hydrogen (secondary N) is 1. The number of nitrogens with zero attached hydrogens (tertiary/aromatic N) is 1. The number of hydrogen-bond donors (Lipinski definition) is 2. The van der Waals surface area contributed by atoms with Crippen molar-refractivity contribution in [1.82, 2.24) is 4.98 Å². The van der Waals surface area contributed by atoms with Gasteiger partial charge in [-0.15, -0.1) is 11.8 Å². The Hall–Kier alpha value is -0.740. The van der Waals surface area contributed by atoms with E-state index >= 15 is 0 Å². The average Bonchev–Trinajstić information content (AvgIpc) is 2.18. The molecule has 0 saturated heterocycles. The lowest BCUT2D eigenvalue weighted by Crippen LogP contribution is -2.09. The molecule has 1 unspecified atom stereocenters. The third-order valence-corrected chi connectivity index (χ3v) is 3.58. The van der Waals surface area contributed by atoms with Gasteiger partial charge in [0.2, 0.25) is 0 Å². The zero-order valence-electron chi connectivity index (χ0n) is 8.82. The third-order valence-electron chi connectivity index (χ3n) is 2.14. The van der Waals surface area contributed by atoms with Crippen LogP contribution in [0.5, 0.6) is 0 Å². The van der Waals surface area contributed by atoms with Crippen LogP contribution in [0.4, 0.5) is 5.82 Å². The maximum atomic E-state index is 5.29. The van der Waals surface area contributed by atoms with E-state index in [0.717, 1.165) is 0 Å². The van der Waals surface area contributed by atoms with Gasteiger partial charge in [0.1, 0.15) is 5.82 Å². The minimum atomic E-state index is 0.600. The second-order valence-corrected chi connectivity index (χ2v) is 5.04. The quantitative estimate of drug-likeness (QED) is 0.456. The fourth-order valence-corrected chi connectivity index (χ4v) is 1.93. The highest BCUT2D eigenvalue weighted by atomic mass is 32.2. The van der Waals surface area contributed by atoms with Crippen LogP contribution in [-0.2, 0) is 0 Å². The molecule has 0 aliphatic rings. The van der Waals surface area contributed by atoms with Crippen molar-refractivity contribution in [1.29, 1.82) is 0 Å². The number of pyridine rings is 1. The molecule has 0 fully saturated rings. The lowest BCUT2D eigenvalue weighted by Gasteiger charge is -2.14. The highest BCUT2D eigenvalue weighted by Crippen LogP contribution is 2.28. The molecule has 78 valence electrons. The maximum Gasteiger partial charge on any atom is 0.140 e. The maximum absolute atomic E-state index is 5.29. The average molecular weight is 211 g/mol. The van der Waals surface area contributed by atoms with E-state index < -0.39 is 0 Å². The SMILES string of the molecule is CC(C)C(C)Sc1ccnc(NN)c1. The molecule has 3 nitrogen and oxygen atoms in total. The molecule has 1 rings (SSSR count). The van der Waals surface area contributed by atoms with Crippen molar-refractivity contribution in [3.05, 3.63) is 18.3 Å². The second kappa shape index (κ2) is 5.22. The fraction of sp³-hybridized carbons (Fsp3) is 0.500. The number of nitrogens with two attached hydrogens (primary N) is 1. The van der Waals surface area contributed by atoms with Crippen molar-refractivity contribution in [3.8, 4) is 0 Å². The molecule has 3 N–H and O–H groups in total. The van der Waals surface area contributed by atoms with Crippen molar-refractivity contribution >= 4 is 17.6 Å². The predicted molar refractivity (Wildman–Crippen MR) is 62.2 cm³/mol. The van der Waals surface area contributed by atoms with Gasteiger partial charge in [0, 0.05) is 16.3 Å². The van der Waals surface area contributed by atoms with Crippen molar-refractivity contribution in [2.45, 2.75) is 30.9 Å². The van der Waals surface area contributed by atoms with Gasteiger partial charge in [-0.3, -0.25) is 0 Å². The molecule has 14 heavy (non-hydrogen) atoms. The Morgan fingerprint density at radius 1 is 1.43 bits per heavy atom. The number of hydrazine groups is 1. The lowest BCUT2D eigenvalue weighted by molar-refractivity contribution is 0.642. The van der Waals surface area contributed by atoms with Crippen LogP contribution in [0, 0.1) is 5.92 Å². The van der Waals surface area contributed by atoms with Gasteiger partial charge in [-0.2, -0.15) is 0 Å². The molecule has 0 aliphatic carbocycles. The Balaban J connectivity index is 2.66. The molecule has 0 aromatic carbocycles. The number of hydrogen-bond acceptors (Lipinski definition) is 4. The highest BCUT2D eigenvalue weighted by Gasteiger charge is 2.08. The van der Waals surface area contributed by atoms with Gasteiger partial charge >= 0.3 is 0 Å². The van der Waals surface area contributed by atoms with Crippen molar-refractivity contribution in [2.24, 2.45) is 11.8 Å². The van der Waals surface area contributed by atoms with Crippen LogP contribution < -0.4 is 11.3 Å². The van der Waals surface area contributed by atoms with E-state index in [9.17, 15) is 0 Å². The zero-order valence-corrected chi connectivity index (χ0v) is 9.64. The number of nitrogen functional groups attached to an aromatic ring is 1. The van der Waals surface area contributed by atoms with Gasteiger partial charge in [-0.05, 0) is 18.1 Å². The molecule has 0 bridgehead atoms. The first kappa shape index (κ1) is 11.3. The van der Waals surface area contributed by atoms with E-state index in [0.29, 0.717) is 17.0 Å². The molecule has 1 atom stereocenters. The Bertz CT molecular complexity index is 288. The largest absolute Gasteiger partial charge is 0.308 e. The minimum absolute atomic E-state index is 0.600. The van der Waals surface area contributed by atoms with Crippen molar-refractivity contribution in [2.75, 3.05) is 5.43 Å². The van der Waals surface area contributed by atoms with Crippen LogP contribution in [0.15, 0.2) is 23.2 Å². The van der Waals surface area contributed by atoms with Crippen molar-refractivity contribution < 1.29 is 0 Å². The van der Waals surface area contributed by atoms with Gasteiger partial charge in [0.25, 0.3) is 0 Å². The number of thioether (sulfide) groups is 1. The van der Waals surface area contributed by atoms with Crippen LogP contribution in [0.1, 0.15) is 20.8 Å². The first-order valence-electron chi connectivity index (χ1n) is 4.73. The van der Waals surface area contributed by atoms with Gasteiger partial charge < -0.3 is 5.43 Å². The standard InChI is InChI=1S/C10H17N3S/c1-7(2)8(3)14-9-4-5-12-10(6-9)13-11/h4-8H,11H2,1-3H3,(H,12,13). The topological polar surface area (TPSA) is 50.9 Å². The second-order valence-electron chi connectivity index (χ2n) is 3.59. The molecule has 1 aromatic rings. The van der Waals surface area contributed by atoms with Gasteiger partial charge in [0.15, 0.2) is 0 Å². The molecule has 0 aliphatic heterocycles. The summed E-state index contributed by atoms with van der Waals surface area (Å²) in [5, 5.41) is 0.600. The summed E-state index contributed by atoms with van der Waals surface area (Å²) in [4.78, 5) is 5.26. The summed E-state index contributed by atoms with van der Waals surface area (Å²) in [7, 11) is 0. The van der Waals surface area contributed by atoms with E-state index in [1.807, 2.05) is 23.9 Å². The summed E-state index contributed by atoms with van der Waals surface area (Å²) in [5.41, 5.74) is 2.55. The Kier molecular flexibility index (Phi) is 4.22. The fourth-order valence-electron chi connectivity index (χ4n) is 0.914. The lowest BCUT2D eigenvalue weighted by atomic mass is 10.2. The first-order chi connectivity index (χ1) is 6.63. The van der Waals surface area contributed by atoms with E-state index in [4.69, 9.17) is 5.84 Å². The van der Waals surface area contributed by atoms with Crippen molar-refractivity contribution in [3.63, 3.8) is 0 Å². The number of aromatic nitrogens is 1. The summed E-state index contributed by atoms with van der Waals surface area (Å²) < 4.78 is 0. The Morgan fingerprint density at radius 3 is 2.71 bits per heavy atom. The predicted octanol–water partition coefficient (Wildman–Crippen LogP) is 2.50. The van der Waals surface area contributed by atoms with Crippen LogP contribution in [-0.4, -0.2) is 10.2 Å². The summed E-state index contributed by atoms with van der Waals surface area (Å²) in [6.07, 6.45) is 1.77. The Labute approximate surface area is 89.5 Å². The van der Waals surface area contributed by atoms with Crippen LogP contribution >= 0.6 is 11.8 Å². The molecular formula is C10H17N3S. The normalized spacial score (nSPS) is 12.9. The van der Waals surface area contributed by atoms with E-state index in [2.05, 4.69) is 31.2 Å². The minimum Gasteiger partial charge on any atom is -0.308 e. The molecule has 0 spiro atoms. The summed E-state index contributed by atoms with van der Waals surface area (Å²) in [6.45, 7) is 6.67. The van der Waals surface area contributed by atoms with Gasteiger partial charge in [-0.1, -0.05) is 20.8 Å². The molecule has 0 amide bonds. The smallest absolute Gasteiger partial charge is 0.140 e. The summed E-state index contributed by atoms with van der Waals surface area (Å²) in [6, 6.07) is 3.97. The van der Waals surface area contributed by atoms with E-state index in [-0.39, 0.29) is 0 Å². The van der Waals surface area contributed by atoms with Crippen LogP contribution in [0.3, 0.4) is 0 Å². The summed E-state index contributed by atoms with van der Waals surface area (Å²) >= 11 is 1.85. The molecular weight excluding hydrogens is 194 g/mol. The zero-order chi connectivity index (χ0) is 10.6. The molecule has 1 heterocycles. The van der Waals surface area contributed by atoms with Gasteiger partial charge in [-0.25, -0.2) is 10.8 Å².